The van der Waals surface area contributed by atoms with Crippen molar-refractivity contribution in [3.05, 3.63) is 51.4 Å². The molecule has 0 aliphatic heterocycles. The van der Waals surface area contributed by atoms with Gasteiger partial charge in [0.25, 0.3) is 10.0 Å². The lowest BCUT2D eigenvalue weighted by atomic mass is 10.3. The van der Waals surface area contributed by atoms with Crippen molar-refractivity contribution in [2.24, 2.45) is 0 Å². The third kappa shape index (κ3) is 3.41. The van der Waals surface area contributed by atoms with Gasteiger partial charge in [-0.05, 0) is 18.2 Å². The molecule has 1 aromatic heterocycles. The van der Waals surface area contributed by atoms with Crippen molar-refractivity contribution in [1.82, 2.24) is 10.2 Å². The fraction of sp³-hybridized carbons (Fsp3) is 0. The fourth-order valence-corrected chi connectivity index (χ4v) is 2.48. The Kier molecular flexibility index (Phi) is 4.00. The molecule has 0 aliphatic rings. The van der Waals surface area contributed by atoms with E-state index in [4.69, 9.17) is 11.6 Å². The number of rotatable bonds is 4. The van der Waals surface area contributed by atoms with E-state index >= 15 is 0 Å². The first-order chi connectivity index (χ1) is 9.79. The number of benzene rings is 1. The molecule has 1 aromatic carbocycles. The lowest BCUT2D eigenvalue weighted by Gasteiger charge is -2.06. The van der Waals surface area contributed by atoms with Gasteiger partial charge in [-0.2, -0.15) is 4.39 Å². The van der Waals surface area contributed by atoms with Crippen molar-refractivity contribution < 1.29 is 17.7 Å². The molecule has 0 unspecified atom stereocenters. The van der Waals surface area contributed by atoms with Gasteiger partial charge in [0.2, 0.25) is 5.82 Å². The van der Waals surface area contributed by atoms with Crippen molar-refractivity contribution >= 4 is 33.1 Å². The highest BCUT2D eigenvalue weighted by atomic mass is 35.5. The summed E-state index contributed by atoms with van der Waals surface area (Å²) in [4.78, 5) is 9.04. The summed E-state index contributed by atoms with van der Waals surface area (Å²) >= 11 is 5.50. The molecule has 0 atom stereocenters. The first-order valence-corrected chi connectivity index (χ1v) is 7.12. The topological polar surface area (TPSA) is 115 Å². The molecule has 21 heavy (non-hydrogen) atoms. The summed E-state index contributed by atoms with van der Waals surface area (Å²) in [6.07, 6.45) is 0. The molecule has 0 bridgehead atoms. The zero-order chi connectivity index (χ0) is 15.6. The van der Waals surface area contributed by atoms with Crippen LogP contribution in [-0.4, -0.2) is 23.5 Å². The van der Waals surface area contributed by atoms with Gasteiger partial charge in [-0.25, -0.2) is 8.42 Å². The normalized spacial score (nSPS) is 11.1. The molecule has 1 heterocycles. The zero-order valence-electron chi connectivity index (χ0n) is 10.0. The SMILES string of the molecule is O=[N+]([O-])c1ccc(S(=O)(=O)Nc2ccc(Cl)nn2)cc1F. The minimum atomic E-state index is -4.15. The Hall–Kier alpha value is -2.33. The Labute approximate surface area is 122 Å². The van der Waals surface area contributed by atoms with Gasteiger partial charge in [0, 0.05) is 12.1 Å². The minimum absolute atomic E-state index is 0.0688. The number of nitrogens with one attached hydrogen (secondary N) is 1. The first kappa shape index (κ1) is 15.1. The molecule has 0 fully saturated rings. The highest BCUT2D eigenvalue weighted by Gasteiger charge is 2.21. The maximum atomic E-state index is 13.4. The highest BCUT2D eigenvalue weighted by molar-refractivity contribution is 7.92. The lowest BCUT2D eigenvalue weighted by Crippen LogP contribution is -2.14. The van der Waals surface area contributed by atoms with Crippen molar-refractivity contribution in [2.45, 2.75) is 4.90 Å². The number of halogens is 2. The van der Waals surface area contributed by atoms with E-state index in [1.807, 2.05) is 4.72 Å². The van der Waals surface area contributed by atoms with Crippen molar-refractivity contribution in [2.75, 3.05) is 4.72 Å². The van der Waals surface area contributed by atoms with Gasteiger partial charge >= 0.3 is 5.69 Å². The van der Waals surface area contributed by atoms with E-state index in [0.717, 1.165) is 12.1 Å². The number of hydrogen-bond donors (Lipinski definition) is 1. The molecule has 1 N–H and O–H groups in total. The van der Waals surface area contributed by atoms with Gasteiger partial charge in [0.15, 0.2) is 11.0 Å². The Bertz CT molecular complexity index is 797. The van der Waals surface area contributed by atoms with Crippen LogP contribution >= 0.6 is 11.6 Å². The van der Waals surface area contributed by atoms with E-state index in [9.17, 15) is 22.9 Å². The molecule has 2 aromatic rings. The Balaban J connectivity index is 2.33. The van der Waals surface area contributed by atoms with Crippen LogP contribution in [0.25, 0.3) is 0 Å². The average Bonchev–Trinajstić information content (AvgIpc) is 2.40. The molecule has 110 valence electrons. The Morgan fingerprint density at radius 3 is 2.48 bits per heavy atom. The van der Waals surface area contributed by atoms with Crippen LogP contribution in [0.4, 0.5) is 15.9 Å². The molecule has 0 radical (unpaired) electrons. The van der Waals surface area contributed by atoms with E-state index < -0.39 is 31.3 Å². The number of hydrogen-bond acceptors (Lipinski definition) is 6. The minimum Gasteiger partial charge on any atom is -0.262 e. The zero-order valence-corrected chi connectivity index (χ0v) is 11.6. The summed E-state index contributed by atoms with van der Waals surface area (Å²) in [7, 11) is -4.15. The van der Waals surface area contributed by atoms with Gasteiger partial charge in [0.05, 0.1) is 9.82 Å². The second kappa shape index (κ2) is 5.58. The molecule has 0 saturated heterocycles. The number of nitro benzene ring substituents is 1. The monoisotopic (exact) mass is 332 g/mol. The average molecular weight is 333 g/mol. The summed E-state index contributed by atoms with van der Waals surface area (Å²) in [6, 6.07) is 4.78. The van der Waals surface area contributed by atoms with E-state index in [1.165, 1.54) is 12.1 Å². The number of aromatic nitrogens is 2. The van der Waals surface area contributed by atoms with Crippen LogP contribution in [0.3, 0.4) is 0 Å². The molecule has 2 rings (SSSR count). The first-order valence-electron chi connectivity index (χ1n) is 5.25. The standard InChI is InChI=1S/C10H6ClFN4O4S/c11-9-3-4-10(14-13-9)15-21(19,20)6-1-2-8(16(17)18)7(12)5-6/h1-5H,(H,14,15). The molecule has 0 saturated carbocycles. The van der Waals surface area contributed by atoms with Crippen molar-refractivity contribution in [3.63, 3.8) is 0 Å². The quantitative estimate of drug-likeness (QED) is 0.676. The summed E-state index contributed by atoms with van der Waals surface area (Å²) < 4.78 is 39.4. The van der Waals surface area contributed by atoms with E-state index in [-0.39, 0.29) is 11.0 Å². The van der Waals surface area contributed by atoms with Crippen LogP contribution in [0.15, 0.2) is 35.2 Å². The van der Waals surface area contributed by atoms with Crippen LogP contribution in [0.2, 0.25) is 5.15 Å². The molecule has 11 heteroatoms. The Morgan fingerprint density at radius 2 is 1.95 bits per heavy atom. The third-order valence-corrected chi connectivity index (χ3v) is 3.85. The molecule has 0 spiro atoms. The predicted octanol–water partition coefficient (Wildman–Crippen LogP) is 1.98. The second-order valence-corrected chi connectivity index (χ2v) is 5.79. The summed E-state index contributed by atoms with van der Waals surface area (Å²) in [5.41, 5.74) is -0.819. The lowest BCUT2D eigenvalue weighted by molar-refractivity contribution is -0.387. The highest BCUT2D eigenvalue weighted by Crippen LogP contribution is 2.22. The predicted molar refractivity (Wildman–Crippen MR) is 70.9 cm³/mol. The van der Waals surface area contributed by atoms with Crippen LogP contribution in [-0.2, 0) is 10.0 Å². The second-order valence-electron chi connectivity index (χ2n) is 3.72. The van der Waals surface area contributed by atoms with Gasteiger partial charge in [-0.1, -0.05) is 11.6 Å². The van der Waals surface area contributed by atoms with Crippen LogP contribution in [0.1, 0.15) is 0 Å². The maximum Gasteiger partial charge on any atom is 0.304 e. The number of sulfonamides is 1. The van der Waals surface area contributed by atoms with E-state index in [1.54, 1.807) is 0 Å². The molecular formula is C10H6ClFN4O4S. The largest absolute Gasteiger partial charge is 0.304 e. The van der Waals surface area contributed by atoms with Crippen molar-refractivity contribution in [3.8, 4) is 0 Å². The van der Waals surface area contributed by atoms with Crippen molar-refractivity contribution in [1.29, 1.82) is 0 Å². The van der Waals surface area contributed by atoms with Gasteiger partial charge in [0.1, 0.15) is 0 Å². The van der Waals surface area contributed by atoms with Gasteiger partial charge in [-0.3, -0.25) is 14.8 Å². The van der Waals surface area contributed by atoms with Crippen LogP contribution in [0, 0.1) is 15.9 Å². The van der Waals surface area contributed by atoms with Gasteiger partial charge in [-0.15, -0.1) is 10.2 Å². The number of nitrogens with zero attached hydrogens (tertiary/aromatic N) is 3. The van der Waals surface area contributed by atoms with E-state index in [2.05, 4.69) is 10.2 Å². The van der Waals surface area contributed by atoms with Crippen LogP contribution in [0.5, 0.6) is 0 Å². The fourth-order valence-electron chi connectivity index (χ4n) is 1.37. The Morgan fingerprint density at radius 1 is 1.24 bits per heavy atom. The molecular weight excluding hydrogens is 327 g/mol. The molecule has 8 nitrogen and oxygen atoms in total. The summed E-state index contributed by atoms with van der Waals surface area (Å²) in [6.45, 7) is 0. The number of anilines is 1. The molecule has 0 amide bonds. The number of nitro groups is 1. The van der Waals surface area contributed by atoms with E-state index in [0.29, 0.717) is 6.07 Å². The smallest absolute Gasteiger partial charge is 0.262 e. The molecule has 0 aliphatic carbocycles. The van der Waals surface area contributed by atoms with Crippen LogP contribution < -0.4 is 4.72 Å². The maximum absolute atomic E-state index is 13.4. The van der Waals surface area contributed by atoms with Gasteiger partial charge < -0.3 is 0 Å². The third-order valence-electron chi connectivity index (χ3n) is 2.30. The summed E-state index contributed by atoms with van der Waals surface area (Å²) in [5, 5.41) is 17.5. The summed E-state index contributed by atoms with van der Waals surface area (Å²) in [5.74, 6) is -1.39.